The summed E-state index contributed by atoms with van der Waals surface area (Å²) in [6.07, 6.45) is 4.73. The Hall–Kier alpha value is -1.76. The Morgan fingerprint density at radius 1 is 0.762 bits per heavy atom. The first-order chi connectivity index (χ1) is 9.22. The Bertz CT molecular complexity index is 652. The monoisotopic (exact) mass is 316 g/mol. The molecule has 1 aliphatic rings. The lowest BCUT2D eigenvalue weighted by Crippen LogP contribution is -2.06. The molecule has 0 heterocycles. The fourth-order valence-corrected chi connectivity index (χ4v) is 2.66. The van der Waals surface area contributed by atoms with Crippen LogP contribution in [0.25, 0.3) is 17.7 Å². The minimum atomic E-state index is 0. The molecule has 0 unspecified atom stereocenters. The second-order valence-corrected chi connectivity index (χ2v) is 4.90. The molecule has 0 saturated heterocycles. The summed E-state index contributed by atoms with van der Waals surface area (Å²) in [5, 5.41) is 0. The number of fused-ring (bicyclic) bond motifs is 2. The van der Waals surface area contributed by atoms with Gasteiger partial charge in [-0.2, -0.15) is 0 Å². The molecule has 0 radical (unpaired) electrons. The van der Waals surface area contributed by atoms with Crippen LogP contribution in [-0.4, -0.2) is 0 Å². The first-order valence-corrected chi connectivity index (χ1v) is 6.43. The Balaban J connectivity index is 0.00000110. The molecule has 0 bridgehead atoms. The van der Waals surface area contributed by atoms with E-state index in [0.717, 1.165) is 23.1 Å². The minimum Gasteiger partial charge on any atom is -0.147 e. The van der Waals surface area contributed by atoms with Crippen LogP contribution >= 0.6 is 24.8 Å². The van der Waals surface area contributed by atoms with E-state index in [-0.39, 0.29) is 24.8 Å². The van der Waals surface area contributed by atoms with E-state index in [1.165, 1.54) is 22.3 Å². The van der Waals surface area contributed by atoms with Crippen LogP contribution in [0.1, 0.15) is 33.4 Å². The van der Waals surface area contributed by atoms with Gasteiger partial charge in [-0.15, -0.1) is 24.8 Å². The summed E-state index contributed by atoms with van der Waals surface area (Å²) in [6.45, 7) is 11.9. The highest BCUT2D eigenvalue weighted by atomic mass is 35.5. The number of rotatable bonds is 2. The molecule has 21 heavy (non-hydrogen) atoms. The van der Waals surface area contributed by atoms with Crippen molar-refractivity contribution in [2.24, 2.45) is 0 Å². The van der Waals surface area contributed by atoms with Gasteiger partial charge in [0.05, 0.1) is 0 Å². The van der Waals surface area contributed by atoms with Crippen LogP contribution in [0.3, 0.4) is 0 Å². The molecule has 0 atom stereocenters. The predicted molar refractivity (Wildman–Crippen MR) is 98.5 cm³/mol. The summed E-state index contributed by atoms with van der Waals surface area (Å²) in [5.74, 6) is 0. The molecular weight excluding hydrogens is 299 g/mol. The molecule has 0 spiro atoms. The Kier molecular flexibility index (Phi) is 5.60. The average Bonchev–Trinajstić information content (AvgIpc) is 2.47. The van der Waals surface area contributed by atoms with Crippen LogP contribution in [0, 0.1) is 0 Å². The van der Waals surface area contributed by atoms with Crippen LogP contribution in [-0.2, 0) is 6.42 Å². The SMILES string of the molecule is C=Cc1ccc2c(c1)C(=C)c1cc(C=C)ccc1C2.Cl.Cl. The predicted octanol–water partition coefficient (Wildman–Crippen LogP) is 5.78. The second kappa shape index (κ2) is 6.80. The van der Waals surface area contributed by atoms with Gasteiger partial charge in [0.1, 0.15) is 0 Å². The van der Waals surface area contributed by atoms with Crippen LogP contribution in [0.15, 0.2) is 56.1 Å². The van der Waals surface area contributed by atoms with Crippen molar-refractivity contribution in [2.75, 3.05) is 0 Å². The van der Waals surface area contributed by atoms with Gasteiger partial charge in [-0.05, 0) is 57.5 Å². The molecular formula is C19H18Cl2. The molecule has 108 valence electrons. The first kappa shape index (κ1) is 17.3. The lowest BCUT2D eigenvalue weighted by molar-refractivity contribution is 1.14. The van der Waals surface area contributed by atoms with E-state index in [0.29, 0.717) is 0 Å². The Morgan fingerprint density at radius 2 is 1.19 bits per heavy atom. The van der Waals surface area contributed by atoms with Crippen molar-refractivity contribution in [1.29, 1.82) is 0 Å². The average molecular weight is 317 g/mol. The van der Waals surface area contributed by atoms with Crippen molar-refractivity contribution in [3.8, 4) is 0 Å². The lowest BCUT2D eigenvalue weighted by Gasteiger charge is -2.22. The van der Waals surface area contributed by atoms with Gasteiger partial charge in [0.25, 0.3) is 0 Å². The third-order valence-electron chi connectivity index (χ3n) is 3.77. The minimum absolute atomic E-state index is 0. The van der Waals surface area contributed by atoms with Gasteiger partial charge in [0, 0.05) is 0 Å². The molecule has 0 aliphatic heterocycles. The maximum atomic E-state index is 4.28. The van der Waals surface area contributed by atoms with Gasteiger partial charge in [-0.1, -0.05) is 56.2 Å². The molecule has 2 aromatic carbocycles. The molecule has 0 nitrogen and oxygen atoms in total. The summed E-state index contributed by atoms with van der Waals surface area (Å²) in [7, 11) is 0. The Morgan fingerprint density at radius 3 is 1.57 bits per heavy atom. The zero-order valence-electron chi connectivity index (χ0n) is 11.8. The van der Waals surface area contributed by atoms with Crippen molar-refractivity contribution < 1.29 is 0 Å². The van der Waals surface area contributed by atoms with Crippen molar-refractivity contribution in [1.82, 2.24) is 0 Å². The highest BCUT2D eigenvalue weighted by Crippen LogP contribution is 2.36. The summed E-state index contributed by atoms with van der Waals surface area (Å²) in [6, 6.07) is 12.9. The highest BCUT2D eigenvalue weighted by molar-refractivity contribution is 5.86. The molecule has 0 fully saturated rings. The highest BCUT2D eigenvalue weighted by Gasteiger charge is 2.18. The zero-order chi connectivity index (χ0) is 13.4. The fourth-order valence-electron chi connectivity index (χ4n) is 2.66. The molecule has 0 saturated carbocycles. The maximum Gasteiger partial charge on any atom is -0.00134 e. The molecule has 0 amide bonds. The zero-order valence-corrected chi connectivity index (χ0v) is 13.4. The number of hydrogen-bond acceptors (Lipinski definition) is 0. The van der Waals surface area contributed by atoms with Gasteiger partial charge in [-0.25, -0.2) is 0 Å². The molecule has 3 rings (SSSR count). The molecule has 0 aromatic heterocycles. The smallest absolute Gasteiger partial charge is 0.00134 e. The van der Waals surface area contributed by atoms with E-state index in [1.54, 1.807) is 0 Å². The van der Waals surface area contributed by atoms with E-state index in [2.05, 4.69) is 56.1 Å². The van der Waals surface area contributed by atoms with Crippen molar-refractivity contribution >= 4 is 42.5 Å². The topological polar surface area (TPSA) is 0 Å². The van der Waals surface area contributed by atoms with E-state index >= 15 is 0 Å². The van der Waals surface area contributed by atoms with Gasteiger partial charge in [-0.3, -0.25) is 0 Å². The molecule has 2 heteroatoms. The molecule has 1 aliphatic carbocycles. The summed E-state index contributed by atoms with van der Waals surface area (Å²) < 4.78 is 0. The van der Waals surface area contributed by atoms with Crippen LogP contribution < -0.4 is 0 Å². The number of benzene rings is 2. The van der Waals surface area contributed by atoms with Crippen molar-refractivity contribution in [2.45, 2.75) is 6.42 Å². The van der Waals surface area contributed by atoms with Gasteiger partial charge in [0.15, 0.2) is 0 Å². The number of halogens is 2. The van der Waals surface area contributed by atoms with Gasteiger partial charge >= 0.3 is 0 Å². The van der Waals surface area contributed by atoms with Gasteiger partial charge < -0.3 is 0 Å². The molecule has 2 aromatic rings. The van der Waals surface area contributed by atoms with E-state index < -0.39 is 0 Å². The fraction of sp³-hybridized carbons (Fsp3) is 0.0526. The van der Waals surface area contributed by atoms with Crippen molar-refractivity contribution in [3.63, 3.8) is 0 Å². The summed E-state index contributed by atoms with van der Waals surface area (Å²) in [5.41, 5.74) is 8.55. The molecule has 0 N–H and O–H groups in total. The van der Waals surface area contributed by atoms with Crippen LogP contribution in [0.4, 0.5) is 0 Å². The maximum absolute atomic E-state index is 4.28. The van der Waals surface area contributed by atoms with E-state index in [1.807, 2.05) is 12.2 Å². The van der Waals surface area contributed by atoms with Crippen molar-refractivity contribution in [3.05, 3.63) is 89.5 Å². The summed E-state index contributed by atoms with van der Waals surface area (Å²) >= 11 is 0. The van der Waals surface area contributed by atoms with Crippen LogP contribution in [0.2, 0.25) is 0 Å². The van der Waals surface area contributed by atoms with E-state index in [4.69, 9.17) is 0 Å². The first-order valence-electron chi connectivity index (χ1n) is 6.43. The quantitative estimate of drug-likeness (QED) is 0.562. The lowest BCUT2D eigenvalue weighted by atomic mass is 9.81. The second-order valence-electron chi connectivity index (χ2n) is 4.90. The Labute approximate surface area is 138 Å². The third-order valence-corrected chi connectivity index (χ3v) is 3.77. The largest absolute Gasteiger partial charge is 0.147 e. The standard InChI is InChI=1S/C19H16.2ClH/c1-4-14-6-8-16-12-17-9-7-15(5-2)11-19(17)13(3)18(16)10-14;;/h4-11H,1-3,12H2;2*1H. The number of hydrogen-bond donors (Lipinski definition) is 0. The van der Waals surface area contributed by atoms with E-state index in [9.17, 15) is 0 Å². The third kappa shape index (κ3) is 2.97. The normalized spacial score (nSPS) is 11.3. The summed E-state index contributed by atoms with van der Waals surface area (Å²) in [4.78, 5) is 0. The van der Waals surface area contributed by atoms with Gasteiger partial charge in [0.2, 0.25) is 0 Å². The van der Waals surface area contributed by atoms with Crippen LogP contribution in [0.5, 0.6) is 0 Å².